The summed E-state index contributed by atoms with van der Waals surface area (Å²) in [5, 5.41) is 4.02. The maximum absolute atomic E-state index is 13.3. The molecule has 0 fully saturated rings. The van der Waals surface area contributed by atoms with Gasteiger partial charge in [0.05, 0.1) is 17.3 Å². The van der Waals surface area contributed by atoms with Crippen LogP contribution in [0.25, 0.3) is 22.2 Å². The summed E-state index contributed by atoms with van der Waals surface area (Å²) >= 11 is 1.61. The number of hydrogen-bond acceptors (Lipinski definition) is 6. The lowest BCUT2D eigenvalue weighted by atomic mass is 10.1. The van der Waals surface area contributed by atoms with E-state index in [2.05, 4.69) is 15.0 Å². The Bertz CT molecular complexity index is 1080. The molecule has 0 aliphatic heterocycles. The summed E-state index contributed by atoms with van der Waals surface area (Å²) in [7, 11) is 0. The van der Waals surface area contributed by atoms with Gasteiger partial charge < -0.3 is 4.74 Å². The van der Waals surface area contributed by atoms with Crippen molar-refractivity contribution in [2.24, 2.45) is 0 Å². The number of hydrogen-bond donors (Lipinski definition) is 0. The SMILES string of the molecule is O=C(OCc1cncc(-c2ccsc2)c1)c1ccnc2cc(F)cnc12. The minimum atomic E-state index is -0.544. The van der Waals surface area contributed by atoms with Crippen molar-refractivity contribution in [3.8, 4) is 11.1 Å². The van der Waals surface area contributed by atoms with Gasteiger partial charge in [-0.2, -0.15) is 11.3 Å². The van der Waals surface area contributed by atoms with Gasteiger partial charge in [0.1, 0.15) is 17.9 Å². The van der Waals surface area contributed by atoms with Crippen molar-refractivity contribution in [1.82, 2.24) is 15.0 Å². The van der Waals surface area contributed by atoms with Gasteiger partial charge >= 0.3 is 5.97 Å². The quantitative estimate of drug-likeness (QED) is 0.506. The number of carbonyl (C=O) groups excluding carboxylic acids is 1. The molecule has 0 aromatic carbocycles. The van der Waals surface area contributed by atoms with Gasteiger partial charge in [0.25, 0.3) is 0 Å². The fraction of sp³-hybridized carbons (Fsp3) is 0.0526. The first-order valence-electron chi connectivity index (χ1n) is 7.74. The van der Waals surface area contributed by atoms with E-state index >= 15 is 0 Å². The van der Waals surface area contributed by atoms with E-state index in [0.717, 1.165) is 22.9 Å². The third-order valence-corrected chi connectivity index (χ3v) is 4.47. The Morgan fingerprint density at radius 3 is 2.88 bits per heavy atom. The van der Waals surface area contributed by atoms with Crippen molar-refractivity contribution in [1.29, 1.82) is 0 Å². The van der Waals surface area contributed by atoms with Crippen LogP contribution in [0, 0.1) is 5.82 Å². The monoisotopic (exact) mass is 365 g/mol. The summed E-state index contributed by atoms with van der Waals surface area (Å²) in [5.74, 6) is -1.05. The van der Waals surface area contributed by atoms with Gasteiger partial charge in [-0.1, -0.05) is 0 Å². The predicted molar refractivity (Wildman–Crippen MR) is 96.2 cm³/mol. The Balaban J connectivity index is 1.54. The molecule has 4 aromatic heterocycles. The molecule has 0 saturated carbocycles. The number of ether oxygens (including phenoxy) is 1. The van der Waals surface area contributed by atoms with Crippen molar-refractivity contribution >= 4 is 28.3 Å². The van der Waals surface area contributed by atoms with Crippen LogP contribution in [0.5, 0.6) is 0 Å². The number of fused-ring (bicyclic) bond motifs is 1. The lowest BCUT2D eigenvalue weighted by molar-refractivity contribution is 0.0474. The Morgan fingerprint density at radius 2 is 2.04 bits per heavy atom. The fourth-order valence-electron chi connectivity index (χ4n) is 2.55. The van der Waals surface area contributed by atoms with E-state index in [1.54, 1.807) is 23.7 Å². The molecule has 0 amide bonds. The Morgan fingerprint density at radius 1 is 1.12 bits per heavy atom. The summed E-state index contributed by atoms with van der Waals surface area (Å²) in [6.07, 6.45) is 5.90. The highest BCUT2D eigenvalue weighted by Crippen LogP contribution is 2.22. The molecule has 4 rings (SSSR count). The summed E-state index contributed by atoms with van der Waals surface area (Å²) in [5.41, 5.74) is 3.68. The van der Waals surface area contributed by atoms with Crippen molar-refractivity contribution in [2.45, 2.75) is 6.61 Å². The molecule has 0 aliphatic rings. The number of carbonyl (C=O) groups is 1. The van der Waals surface area contributed by atoms with Gasteiger partial charge in [-0.3, -0.25) is 15.0 Å². The van der Waals surface area contributed by atoms with Crippen molar-refractivity contribution in [3.05, 3.63) is 76.8 Å². The third kappa shape index (κ3) is 3.29. The molecule has 0 unspecified atom stereocenters. The second-order valence-corrected chi connectivity index (χ2v) is 6.33. The molecule has 0 atom stereocenters. The Labute approximate surface area is 152 Å². The summed E-state index contributed by atoms with van der Waals surface area (Å²) in [4.78, 5) is 24.6. The van der Waals surface area contributed by atoms with E-state index in [9.17, 15) is 9.18 Å². The summed E-state index contributed by atoms with van der Waals surface area (Å²) < 4.78 is 18.7. The topological polar surface area (TPSA) is 65.0 Å². The Hall–Kier alpha value is -3.19. The maximum atomic E-state index is 13.3. The number of esters is 1. The van der Waals surface area contributed by atoms with Gasteiger partial charge in [-0.05, 0) is 34.5 Å². The molecular weight excluding hydrogens is 353 g/mol. The number of thiophene rings is 1. The number of aromatic nitrogens is 3. The van der Waals surface area contributed by atoms with Gasteiger partial charge in [0.15, 0.2) is 0 Å². The molecule has 0 N–H and O–H groups in total. The smallest absolute Gasteiger partial charge is 0.340 e. The molecule has 7 heteroatoms. The van der Waals surface area contributed by atoms with Crippen LogP contribution in [0.2, 0.25) is 0 Å². The summed E-state index contributed by atoms with van der Waals surface area (Å²) in [6, 6.07) is 6.68. The Kier molecular flexibility index (Phi) is 4.37. The zero-order valence-corrected chi connectivity index (χ0v) is 14.2. The van der Waals surface area contributed by atoms with Crippen LogP contribution in [0.4, 0.5) is 4.39 Å². The van der Waals surface area contributed by atoms with Crippen LogP contribution < -0.4 is 0 Å². The third-order valence-electron chi connectivity index (χ3n) is 3.78. The van der Waals surface area contributed by atoms with Crippen molar-refractivity contribution < 1.29 is 13.9 Å². The average Bonchev–Trinajstić information content (AvgIpc) is 3.20. The van der Waals surface area contributed by atoms with Crippen molar-refractivity contribution in [3.63, 3.8) is 0 Å². The lowest BCUT2D eigenvalue weighted by Crippen LogP contribution is -2.07. The molecule has 26 heavy (non-hydrogen) atoms. The van der Waals surface area contributed by atoms with Crippen molar-refractivity contribution in [2.75, 3.05) is 0 Å². The van der Waals surface area contributed by atoms with Gasteiger partial charge in [-0.15, -0.1) is 0 Å². The normalized spacial score (nSPS) is 10.8. The maximum Gasteiger partial charge on any atom is 0.340 e. The molecule has 4 heterocycles. The standard InChI is InChI=1S/C19H12FN3O2S/c20-15-6-17-18(23-9-15)16(1-3-22-17)19(24)25-10-12-5-14(8-21-7-12)13-2-4-26-11-13/h1-9,11H,10H2. The van der Waals surface area contributed by atoms with E-state index in [1.165, 1.54) is 18.3 Å². The van der Waals surface area contributed by atoms with E-state index in [4.69, 9.17) is 4.74 Å². The molecule has 0 spiro atoms. The second-order valence-electron chi connectivity index (χ2n) is 5.55. The van der Waals surface area contributed by atoms with Gasteiger partial charge in [0, 0.05) is 35.8 Å². The molecule has 4 aromatic rings. The number of halogens is 1. The van der Waals surface area contributed by atoms with Gasteiger partial charge in [-0.25, -0.2) is 9.18 Å². The zero-order chi connectivity index (χ0) is 17.9. The second kappa shape index (κ2) is 6.97. The minimum absolute atomic E-state index is 0.0782. The lowest BCUT2D eigenvalue weighted by Gasteiger charge is -2.07. The summed E-state index contributed by atoms with van der Waals surface area (Å²) in [6.45, 7) is 0.0782. The van der Waals surface area contributed by atoms with Gasteiger partial charge in [0.2, 0.25) is 0 Å². The van der Waals surface area contributed by atoms with Crippen LogP contribution in [-0.2, 0) is 11.3 Å². The largest absolute Gasteiger partial charge is 0.457 e. The van der Waals surface area contributed by atoms with E-state index in [-0.39, 0.29) is 12.2 Å². The zero-order valence-electron chi connectivity index (χ0n) is 13.4. The molecule has 0 saturated heterocycles. The number of rotatable bonds is 4. The molecule has 0 aliphatic carbocycles. The highest BCUT2D eigenvalue weighted by atomic mass is 32.1. The highest BCUT2D eigenvalue weighted by molar-refractivity contribution is 7.08. The van der Waals surface area contributed by atoms with Crippen LogP contribution in [0.1, 0.15) is 15.9 Å². The first kappa shape index (κ1) is 16.3. The van der Waals surface area contributed by atoms with E-state index < -0.39 is 11.8 Å². The predicted octanol–water partition coefficient (Wildman–Crippen LogP) is 4.25. The van der Waals surface area contributed by atoms with Crippen LogP contribution in [0.15, 0.2) is 59.8 Å². The average molecular weight is 365 g/mol. The molecule has 0 radical (unpaired) electrons. The fourth-order valence-corrected chi connectivity index (χ4v) is 3.22. The van der Waals surface area contributed by atoms with Crippen LogP contribution >= 0.6 is 11.3 Å². The van der Waals surface area contributed by atoms with Crippen LogP contribution in [0.3, 0.4) is 0 Å². The molecule has 5 nitrogen and oxygen atoms in total. The molecule has 128 valence electrons. The molecular formula is C19H12FN3O2S. The van der Waals surface area contributed by atoms with Crippen LogP contribution in [-0.4, -0.2) is 20.9 Å². The van der Waals surface area contributed by atoms with E-state index in [1.807, 2.05) is 22.9 Å². The first-order valence-corrected chi connectivity index (χ1v) is 8.69. The minimum Gasteiger partial charge on any atom is -0.457 e. The molecule has 0 bridgehead atoms. The number of nitrogens with zero attached hydrogens (tertiary/aromatic N) is 3. The van der Waals surface area contributed by atoms with E-state index in [0.29, 0.717) is 11.0 Å². The number of pyridine rings is 3. The highest BCUT2D eigenvalue weighted by Gasteiger charge is 2.14. The first-order chi connectivity index (χ1) is 12.7.